The van der Waals surface area contributed by atoms with E-state index in [-0.39, 0.29) is 6.42 Å². The maximum atomic E-state index is 11.7. The summed E-state index contributed by atoms with van der Waals surface area (Å²) >= 11 is 11.7. The second kappa shape index (κ2) is 5.66. The molecule has 21 heavy (non-hydrogen) atoms. The molecule has 1 N–H and O–H groups in total. The molecule has 0 aromatic heterocycles. The summed E-state index contributed by atoms with van der Waals surface area (Å²) in [6.07, 6.45) is 0.270. The Bertz CT molecular complexity index is 588. The third-order valence-corrected chi connectivity index (χ3v) is 4.43. The van der Waals surface area contributed by atoms with Gasteiger partial charge in [-0.2, -0.15) is 0 Å². The van der Waals surface area contributed by atoms with Crippen LogP contribution in [0.3, 0.4) is 0 Å². The molecule has 1 aliphatic rings. The first kappa shape index (κ1) is 15.8. The number of carbonyl (C=O) groups is 3. The van der Waals surface area contributed by atoms with Crippen molar-refractivity contribution in [3.05, 3.63) is 35.9 Å². The van der Waals surface area contributed by atoms with Gasteiger partial charge in [0.1, 0.15) is 9.75 Å². The maximum absolute atomic E-state index is 11.7. The van der Waals surface area contributed by atoms with Crippen LogP contribution in [0, 0.1) is 5.41 Å². The standard InChI is InChI=1S/C14H13Cl2NO4/c1-13(8-14(13,15)16)12(20)21-7-10(18)17-11(19)9-5-3-2-4-6-9/h2-6H,7-8H2,1H3,(H,17,18,19)/t13-/m0/s1. The van der Waals surface area contributed by atoms with Crippen molar-refractivity contribution in [3.8, 4) is 0 Å². The molecular weight excluding hydrogens is 317 g/mol. The minimum atomic E-state index is -1.15. The lowest BCUT2D eigenvalue weighted by atomic mass is 10.1. The fourth-order valence-corrected chi connectivity index (χ4v) is 2.42. The molecule has 112 valence electrons. The van der Waals surface area contributed by atoms with Gasteiger partial charge in [0.15, 0.2) is 6.61 Å². The summed E-state index contributed by atoms with van der Waals surface area (Å²) in [4.78, 5) is 35.0. The number of alkyl halides is 2. The number of hydrogen-bond donors (Lipinski definition) is 1. The zero-order valence-electron chi connectivity index (χ0n) is 11.2. The van der Waals surface area contributed by atoms with Gasteiger partial charge in [-0.3, -0.25) is 19.7 Å². The van der Waals surface area contributed by atoms with Crippen LogP contribution in [0.25, 0.3) is 0 Å². The topological polar surface area (TPSA) is 72.5 Å². The van der Waals surface area contributed by atoms with Crippen molar-refractivity contribution in [1.29, 1.82) is 0 Å². The SMILES string of the molecule is C[C@@]1(C(=O)OCC(=O)NC(=O)c2ccccc2)CC1(Cl)Cl. The van der Waals surface area contributed by atoms with Gasteiger partial charge in [-0.25, -0.2) is 0 Å². The van der Waals surface area contributed by atoms with Crippen LogP contribution in [0.5, 0.6) is 0 Å². The molecule has 1 aromatic carbocycles. The number of ether oxygens (including phenoxy) is 1. The number of rotatable bonds is 4. The molecule has 7 heteroatoms. The van der Waals surface area contributed by atoms with Crippen LogP contribution < -0.4 is 5.32 Å². The Balaban J connectivity index is 1.81. The Labute approximate surface area is 131 Å². The van der Waals surface area contributed by atoms with Gasteiger partial charge in [0.05, 0.1) is 0 Å². The summed E-state index contributed by atoms with van der Waals surface area (Å²) in [5, 5.41) is 2.12. The van der Waals surface area contributed by atoms with Crippen LogP contribution in [0.2, 0.25) is 0 Å². The third-order valence-electron chi connectivity index (χ3n) is 3.33. The highest BCUT2D eigenvalue weighted by atomic mass is 35.5. The predicted octanol–water partition coefficient (Wildman–Crippen LogP) is 2.07. The molecule has 1 aliphatic carbocycles. The molecule has 1 saturated carbocycles. The molecule has 1 aromatic rings. The number of esters is 1. The Kier molecular flexibility index (Phi) is 4.25. The average molecular weight is 330 g/mol. The largest absolute Gasteiger partial charge is 0.455 e. The van der Waals surface area contributed by atoms with Crippen molar-refractivity contribution < 1.29 is 19.1 Å². The van der Waals surface area contributed by atoms with Gasteiger partial charge >= 0.3 is 5.97 Å². The summed E-state index contributed by atoms with van der Waals surface area (Å²) in [6.45, 7) is 0.999. The summed E-state index contributed by atoms with van der Waals surface area (Å²) in [5.41, 5.74) is -0.660. The molecule has 0 radical (unpaired) electrons. The molecule has 0 bridgehead atoms. The van der Waals surface area contributed by atoms with E-state index in [1.807, 2.05) is 0 Å². The molecule has 0 unspecified atom stereocenters. The predicted molar refractivity (Wildman–Crippen MR) is 77.0 cm³/mol. The quantitative estimate of drug-likeness (QED) is 0.678. The van der Waals surface area contributed by atoms with Crippen LogP contribution in [-0.2, 0) is 14.3 Å². The fraction of sp³-hybridized carbons (Fsp3) is 0.357. The second-order valence-electron chi connectivity index (χ2n) is 5.03. The van der Waals surface area contributed by atoms with E-state index in [2.05, 4.69) is 5.32 Å². The molecule has 0 heterocycles. The van der Waals surface area contributed by atoms with Crippen molar-refractivity contribution in [3.63, 3.8) is 0 Å². The molecule has 5 nitrogen and oxygen atoms in total. The minimum absolute atomic E-state index is 0.270. The van der Waals surface area contributed by atoms with Crippen molar-refractivity contribution in [2.45, 2.75) is 17.7 Å². The van der Waals surface area contributed by atoms with Gasteiger partial charge in [-0.15, -0.1) is 23.2 Å². The van der Waals surface area contributed by atoms with Crippen LogP contribution >= 0.6 is 23.2 Å². The van der Waals surface area contributed by atoms with Gasteiger partial charge in [-0.05, 0) is 19.1 Å². The zero-order valence-corrected chi connectivity index (χ0v) is 12.7. The lowest BCUT2D eigenvalue weighted by Gasteiger charge is -2.11. The Morgan fingerprint density at radius 3 is 2.33 bits per heavy atom. The number of carbonyl (C=O) groups excluding carboxylic acids is 3. The van der Waals surface area contributed by atoms with Crippen molar-refractivity contribution >= 4 is 41.0 Å². The third kappa shape index (κ3) is 3.36. The number of imide groups is 1. The van der Waals surface area contributed by atoms with E-state index < -0.39 is 34.1 Å². The van der Waals surface area contributed by atoms with Gasteiger partial charge in [-0.1, -0.05) is 18.2 Å². The Hall–Kier alpha value is -1.59. The van der Waals surface area contributed by atoms with Gasteiger partial charge in [0, 0.05) is 12.0 Å². The monoisotopic (exact) mass is 329 g/mol. The lowest BCUT2D eigenvalue weighted by Crippen LogP contribution is -2.35. The molecule has 0 spiro atoms. The Morgan fingerprint density at radius 2 is 1.81 bits per heavy atom. The molecule has 1 fully saturated rings. The lowest BCUT2D eigenvalue weighted by molar-refractivity contribution is -0.153. The van der Waals surface area contributed by atoms with Crippen molar-refractivity contribution in [2.75, 3.05) is 6.61 Å². The highest BCUT2D eigenvalue weighted by molar-refractivity contribution is 6.53. The van der Waals surface area contributed by atoms with E-state index in [1.54, 1.807) is 37.3 Å². The highest BCUT2D eigenvalue weighted by Crippen LogP contribution is 2.64. The van der Waals surface area contributed by atoms with E-state index >= 15 is 0 Å². The number of nitrogens with one attached hydrogen (secondary N) is 1. The van der Waals surface area contributed by atoms with Crippen molar-refractivity contribution in [2.24, 2.45) is 5.41 Å². The van der Waals surface area contributed by atoms with Crippen LogP contribution in [0.4, 0.5) is 0 Å². The number of amides is 2. The molecule has 0 saturated heterocycles. The first-order valence-electron chi connectivity index (χ1n) is 6.20. The normalized spacial score (nSPS) is 22.2. The van der Waals surface area contributed by atoms with Gasteiger partial charge in [0.25, 0.3) is 11.8 Å². The van der Waals surface area contributed by atoms with E-state index in [0.29, 0.717) is 5.56 Å². The highest BCUT2D eigenvalue weighted by Gasteiger charge is 2.69. The van der Waals surface area contributed by atoms with Crippen LogP contribution in [0.15, 0.2) is 30.3 Å². The number of halogens is 2. The number of benzene rings is 1. The number of hydrogen-bond acceptors (Lipinski definition) is 4. The summed E-state index contributed by atoms with van der Waals surface area (Å²) in [7, 11) is 0. The molecule has 0 aliphatic heterocycles. The minimum Gasteiger partial charge on any atom is -0.455 e. The summed E-state index contributed by atoms with van der Waals surface area (Å²) < 4.78 is 3.68. The van der Waals surface area contributed by atoms with E-state index in [1.165, 1.54) is 0 Å². The van der Waals surface area contributed by atoms with E-state index in [0.717, 1.165) is 0 Å². The molecule has 1 atom stereocenters. The van der Waals surface area contributed by atoms with E-state index in [9.17, 15) is 14.4 Å². The fourth-order valence-electron chi connectivity index (χ4n) is 1.74. The van der Waals surface area contributed by atoms with Gasteiger partial charge in [0.2, 0.25) is 0 Å². The Morgan fingerprint density at radius 1 is 1.24 bits per heavy atom. The molecule has 2 amide bonds. The van der Waals surface area contributed by atoms with Crippen molar-refractivity contribution in [1.82, 2.24) is 5.32 Å². The van der Waals surface area contributed by atoms with Gasteiger partial charge < -0.3 is 4.74 Å². The van der Waals surface area contributed by atoms with Crippen LogP contribution in [-0.4, -0.2) is 28.7 Å². The van der Waals surface area contributed by atoms with E-state index in [4.69, 9.17) is 27.9 Å². The summed E-state index contributed by atoms with van der Waals surface area (Å²) in [5.74, 6) is -1.93. The molecule has 2 rings (SSSR count). The molecular formula is C14H13Cl2NO4. The van der Waals surface area contributed by atoms with Crippen LogP contribution in [0.1, 0.15) is 23.7 Å². The summed E-state index contributed by atoms with van der Waals surface area (Å²) in [6, 6.07) is 8.23. The average Bonchev–Trinajstić information content (AvgIpc) is 2.97. The maximum Gasteiger partial charge on any atom is 0.315 e. The second-order valence-corrected chi connectivity index (χ2v) is 6.52. The first-order chi connectivity index (χ1) is 9.76. The zero-order chi connectivity index (χ0) is 15.7. The first-order valence-corrected chi connectivity index (χ1v) is 6.96. The smallest absolute Gasteiger partial charge is 0.315 e.